The number of benzene rings is 1. The quantitative estimate of drug-likeness (QED) is 0.756. The molecule has 1 N–H and O–H groups in total. The maximum absolute atomic E-state index is 13.1. The van der Waals surface area contributed by atoms with Crippen molar-refractivity contribution in [1.29, 1.82) is 0 Å². The summed E-state index contributed by atoms with van der Waals surface area (Å²) in [6.07, 6.45) is 6.53. The van der Waals surface area contributed by atoms with E-state index in [1.807, 2.05) is 22.9 Å². The lowest BCUT2D eigenvalue weighted by Crippen LogP contribution is -2.51. The molecule has 1 aromatic carbocycles. The zero-order valence-corrected chi connectivity index (χ0v) is 17.1. The number of ether oxygens (including phenoxy) is 1. The molecule has 3 unspecified atom stereocenters. The van der Waals surface area contributed by atoms with Crippen LogP contribution < -0.4 is 5.32 Å². The summed E-state index contributed by atoms with van der Waals surface area (Å²) in [5.41, 5.74) is 1.59. The van der Waals surface area contributed by atoms with Crippen LogP contribution in [-0.4, -0.2) is 52.1 Å². The third-order valence-corrected chi connectivity index (χ3v) is 6.06. The minimum atomic E-state index is -0.0575. The molecule has 0 spiro atoms. The number of aryl methyl sites for hydroxylation is 1. The van der Waals surface area contributed by atoms with Crippen LogP contribution in [0.4, 0.5) is 0 Å². The molecule has 152 valence electrons. The lowest BCUT2D eigenvalue weighted by Gasteiger charge is -2.37. The molecule has 0 saturated carbocycles. The molecule has 2 aliphatic rings. The molecule has 1 aromatic heterocycles. The van der Waals surface area contributed by atoms with Crippen LogP contribution in [0.5, 0.6) is 0 Å². The van der Waals surface area contributed by atoms with Crippen LogP contribution in [0.1, 0.15) is 62.9 Å². The van der Waals surface area contributed by atoms with Gasteiger partial charge in [-0.3, -0.25) is 14.4 Å². The van der Waals surface area contributed by atoms with E-state index in [4.69, 9.17) is 4.74 Å². The van der Waals surface area contributed by atoms with Crippen molar-refractivity contribution in [3.63, 3.8) is 0 Å². The third kappa shape index (κ3) is 3.80. The van der Waals surface area contributed by atoms with Crippen molar-refractivity contribution in [3.05, 3.63) is 30.0 Å². The first-order valence-corrected chi connectivity index (χ1v) is 10.8. The Morgan fingerprint density at radius 3 is 2.75 bits per heavy atom. The van der Waals surface area contributed by atoms with Gasteiger partial charge in [-0.15, -0.1) is 0 Å². The number of amides is 1. The van der Waals surface area contributed by atoms with E-state index in [0.29, 0.717) is 11.7 Å². The van der Waals surface area contributed by atoms with Crippen molar-refractivity contribution < 1.29 is 9.53 Å². The number of piperidine rings is 1. The van der Waals surface area contributed by atoms with Gasteiger partial charge in [0.05, 0.1) is 12.1 Å². The molecule has 2 aromatic rings. The number of carbonyl (C=O) groups is 1. The second kappa shape index (κ2) is 8.62. The predicted molar refractivity (Wildman–Crippen MR) is 110 cm³/mol. The Balaban J connectivity index is 1.46. The summed E-state index contributed by atoms with van der Waals surface area (Å²) >= 11 is 0. The van der Waals surface area contributed by atoms with Gasteiger partial charge in [-0.2, -0.15) is 5.10 Å². The number of aromatic nitrogens is 2. The number of rotatable bonds is 8. The van der Waals surface area contributed by atoms with Crippen molar-refractivity contribution >= 4 is 16.8 Å². The topological polar surface area (TPSA) is 59.4 Å². The molecule has 2 saturated heterocycles. The zero-order chi connectivity index (χ0) is 19.5. The Morgan fingerprint density at radius 1 is 1.18 bits per heavy atom. The average Bonchev–Trinajstić information content (AvgIpc) is 3.19. The minimum absolute atomic E-state index is 0.0575. The number of hydrogen-bond acceptors (Lipinski definition) is 4. The number of carbonyl (C=O) groups excluding carboxylic acids is 1. The molecule has 2 fully saturated rings. The molecule has 3 atom stereocenters. The summed E-state index contributed by atoms with van der Waals surface area (Å²) in [5.74, 6) is -0.0575. The van der Waals surface area contributed by atoms with Crippen LogP contribution in [-0.2, 0) is 11.3 Å². The minimum Gasteiger partial charge on any atom is -0.361 e. The van der Waals surface area contributed by atoms with Gasteiger partial charge in [0.2, 0.25) is 0 Å². The van der Waals surface area contributed by atoms with Gasteiger partial charge in [0.1, 0.15) is 6.23 Å². The van der Waals surface area contributed by atoms with Crippen molar-refractivity contribution in [1.82, 2.24) is 20.0 Å². The van der Waals surface area contributed by atoms with E-state index >= 15 is 0 Å². The van der Waals surface area contributed by atoms with Gasteiger partial charge < -0.3 is 10.1 Å². The molecular weight excluding hydrogens is 352 g/mol. The smallest absolute Gasteiger partial charge is 0.272 e. The van der Waals surface area contributed by atoms with Crippen LogP contribution in [0.15, 0.2) is 24.3 Å². The van der Waals surface area contributed by atoms with E-state index in [-0.39, 0.29) is 18.2 Å². The van der Waals surface area contributed by atoms with E-state index in [1.165, 1.54) is 12.8 Å². The predicted octanol–water partition coefficient (Wildman–Crippen LogP) is 3.56. The molecule has 1 amide bonds. The Kier molecular flexibility index (Phi) is 5.97. The van der Waals surface area contributed by atoms with Crippen molar-refractivity contribution in [3.8, 4) is 0 Å². The van der Waals surface area contributed by atoms with Gasteiger partial charge in [-0.05, 0) is 25.3 Å². The number of nitrogens with zero attached hydrogens (tertiary/aromatic N) is 3. The van der Waals surface area contributed by atoms with Gasteiger partial charge in [-0.1, -0.05) is 44.9 Å². The maximum Gasteiger partial charge on any atom is 0.272 e. The largest absolute Gasteiger partial charge is 0.361 e. The Hall–Kier alpha value is -1.92. The fraction of sp³-hybridized carbons (Fsp3) is 0.636. The molecular formula is C22H32N4O2. The number of para-hydroxylation sites is 1. The summed E-state index contributed by atoms with van der Waals surface area (Å²) in [6.45, 7) is 7.12. The van der Waals surface area contributed by atoms with Crippen molar-refractivity contribution in [2.45, 2.75) is 77.2 Å². The zero-order valence-electron chi connectivity index (χ0n) is 17.1. The fourth-order valence-corrected chi connectivity index (χ4v) is 4.54. The van der Waals surface area contributed by atoms with Crippen LogP contribution in [0.2, 0.25) is 0 Å². The van der Waals surface area contributed by atoms with Gasteiger partial charge in [0.25, 0.3) is 5.91 Å². The lowest BCUT2D eigenvalue weighted by molar-refractivity contribution is 0.000913. The highest BCUT2D eigenvalue weighted by atomic mass is 16.5. The van der Waals surface area contributed by atoms with Crippen LogP contribution in [0.25, 0.3) is 10.9 Å². The summed E-state index contributed by atoms with van der Waals surface area (Å²) in [5, 5.41) is 8.86. The molecule has 6 heteroatoms. The Bertz CT molecular complexity index is 804. The second-order valence-corrected chi connectivity index (χ2v) is 8.12. The van der Waals surface area contributed by atoms with Gasteiger partial charge in [-0.25, -0.2) is 0 Å². The van der Waals surface area contributed by atoms with Crippen LogP contribution in [0, 0.1) is 0 Å². The summed E-state index contributed by atoms with van der Waals surface area (Å²) in [6, 6.07) is 8.62. The summed E-state index contributed by atoms with van der Waals surface area (Å²) in [4.78, 5) is 15.5. The number of unbranched alkanes of at least 4 members (excludes halogenated alkanes) is 2. The second-order valence-electron chi connectivity index (χ2n) is 8.12. The lowest BCUT2D eigenvalue weighted by atomic mass is 9.97. The van der Waals surface area contributed by atoms with E-state index < -0.39 is 0 Å². The van der Waals surface area contributed by atoms with Crippen LogP contribution in [0.3, 0.4) is 0 Å². The molecule has 2 aliphatic heterocycles. The molecule has 2 bridgehead atoms. The van der Waals surface area contributed by atoms with Gasteiger partial charge >= 0.3 is 0 Å². The third-order valence-electron chi connectivity index (χ3n) is 6.06. The standard InChI is InChI=1S/C22H32N4O2/c1-3-5-11-25-17-13-16(14-20(25)28-15-17)23-22(27)21-18-9-7-8-10-19(18)26(24-21)12-6-4-2/h7-10,16-17,20H,3-6,11-15H2,1-2H3,(H,23,27). The first kappa shape index (κ1) is 19.4. The molecule has 28 heavy (non-hydrogen) atoms. The molecule has 0 aliphatic carbocycles. The SMILES string of the molecule is CCCCN1C2COC1CC(NC(=O)c1nn(CCCC)c3ccccc13)C2. The summed E-state index contributed by atoms with van der Waals surface area (Å²) < 4.78 is 7.96. The number of nitrogens with one attached hydrogen (secondary N) is 1. The normalized spacial score (nSPS) is 24.7. The number of fused-ring (bicyclic) bond motifs is 3. The number of hydrogen-bond donors (Lipinski definition) is 1. The molecule has 6 nitrogen and oxygen atoms in total. The Morgan fingerprint density at radius 2 is 1.96 bits per heavy atom. The van der Waals surface area contributed by atoms with Gasteiger partial charge in [0.15, 0.2) is 5.69 Å². The van der Waals surface area contributed by atoms with E-state index in [0.717, 1.165) is 56.3 Å². The first-order chi connectivity index (χ1) is 13.7. The average molecular weight is 385 g/mol. The van der Waals surface area contributed by atoms with E-state index in [1.54, 1.807) is 0 Å². The molecule has 0 radical (unpaired) electrons. The van der Waals surface area contributed by atoms with Crippen molar-refractivity contribution in [2.24, 2.45) is 0 Å². The molecule has 3 heterocycles. The Labute approximate surface area is 167 Å². The molecule has 4 rings (SSSR count). The maximum atomic E-state index is 13.1. The first-order valence-electron chi connectivity index (χ1n) is 10.8. The highest BCUT2D eigenvalue weighted by Gasteiger charge is 2.41. The highest BCUT2D eigenvalue weighted by molar-refractivity contribution is 6.05. The summed E-state index contributed by atoms with van der Waals surface area (Å²) in [7, 11) is 0. The fourth-order valence-electron chi connectivity index (χ4n) is 4.54. The van der Waals surface area contributed by atoms with E-state index in [9.17, 15) is 4.79 Å². The van der Waals surface area contributed by atoms with Crippen molar-refractivity contribution in [2.75, 3.05) is 13.2 Å². The highest BCUT2D eigenvalue weighted by Crippen LogP contribution is 2.31. The van der Waals surface area contributed by atoms with Crippen LogP contribution >= 0.6 is 0 Å². The monoisotopic (exact) mass is 384 g/mol. The van der Waals surface area contributed by atoms with Gasteiger partial charge in [0, 0.05) is 37.0 Å². The van der Waals surface area contributed by atoms with E-state index in [2.05, 4.69) is 35.2 Å².